The number of aliphatic hydroxyl groups is 1. The van der Waals surface area contributed by atoms with Crippen molar-refractivity contribution in [1.82, 2.24) is 0 Å². The third-order valence-electron chi connectivity index (χ3n) is 5.88. The van der Waals surface area contributed by atoms with Crippen LogP contribution in [0.1, 0.15) is 55.9 Å². The summed E-state index contributed by atoms with van der Waals surface area (Å²) in [6, 6.07) is 15.1. The maximum Gasteiger partial charge on any atom is 0.333 e. The van der Waals surface area contributed by atoms with Crippen molar-refractivity contribution in [3.8, 4) is 11.1 Å². The van der Waals surface area contributed by atoms with Gasteiger partial charge < -0.3 is 14.6 Å². The molecule has 0 aromatic heterocycles. The van der Waals surface area contributed by atoms with Crippen molar-refractivity contribution in [1.29, 1.82) is 0 Å². The number of hydrogen-bond donors (Lipinski definition) is 1. The summed E-state index contributed by atoms with van der Waals surface area (Å²) >= 11 is 0. The molecule has 0 saturated carbocycles. The van der Waals surface area contributed by atoms with Gasteiger partial charge in [-0.15, -0.1) is 0 Å². The molecule has 31 heavy (non-hydrogen) atoms. The van der Waals surface area contributed by atoms with E-state index < -0.39 is 0 Å². The fourth-order valence-corrected chi connectivity index (χ4v) is 3.96. The Kier molecular flexibility index (Phi) is 8.44. The van der Waals surface area contributed by atoms with E-state index in [1.807, 2.05) is 0 Å². The molecule has 1 aliphatic rings. The first kappa shape index (κ1) is 23.2. The van der Waals surface area contributed by atoms with Crippen molar-refractivity contribution in [2.24, 2.45) is 5.92 Å². The summed E-state index contributed by atoms with van der Waals surface area (Å²) in [4.78, 5) is 11.7. The number of benzene rings is 2. The fourth-order valence-electron chi connectivity index (χ4n) is 3.96. The number of ether oxygens (including phenoxy) is 2. The van der Waals surface area contributed by atoms with Gasteiger partial charge in [-0.1, -0.05) is 56.0 Å². The lowest BCUT2D eigenvalue weighted by Gasteiger charge is -2.27. The van der Waals surface area contributed by atoms with Gasteiger partial charge in [0, 0.05) is 25.2 Å². The third kappa shape index (κ3) is 6.52. The molecule has 1 heterocycles. The van der Waals surface area contributed by atoms with Crippen LogP contribution in [-0.2, 0) is 27.1 Å². The normalized spacial score (nSPS) is 18.5. The third-order valence-corrected chi connectivity index (χ3v) is 5.88. The van der Waals surface area contributed by atoms with Crippen molar-refractivity contribution in [2.75, 3.05) is 19.8 Å². The number of aryl methyl sites for hydroxylation is 1. The molecule has 4 nitrogen and oxygen atoms in total. The average molecular weight is 423 g/mol. The van der Waals surface area contributed by atoms with Gasteiger partial charge in [0.05, 0.1) is 12.7 Å². The molecular weight excluding hydrogens is 388 g/mol. The van der Waals surface area contributed by atoms with Gasteiger partial charge in [0.1, 0.15) is 0 Å². The molecule has 4 heteroatoms. The van der Waals surface area contributed by atoms with Gasteiger partial charge in [0.15, 0.2) is 0 Å². The zero-order valence-corrected chi connectivity index (χ0v) is 18.7. The highest BCUT2D eigenvalue weighted by atomic mass is 16.5. The van der Waals surface area contributed by atoms with E-state index in [1.165, 1.54) is 17.5 Å². The second kappa shape index (κ2) is 11.3. The summed E-state index contributed by atoms with van der Waals surface area (Å²) in [6.45, 7) is 8.83. The van der Waals surface area contributed by atoms with Crippen LogP contribution < -0.4 is 0 Å². The number of carbonyl (C=O) groups is 1. The van der Waals surface area contributed by atoms with Crippen LogP contribution in [0.15, 0.2) is 54.6 Å². The molecule has 2 atom stereocenters. The van der Waals surface area contributed by atoms with Crippen LogP contribution in [0.25, 0.3) is 11.1 Å². The van der Waals surface area contributed by atoms with E-state index >= 15 is 0 Å². The molecule has 1 fully saturated rings. The Morgan fingerprint density at radius 3 is 2.48 bits per heavy atom. The van der Waals surface area contributed by atoms with Crippen molar-refractivity contribution < 1.29 is 19.4 Å². The SMILES string of the molecule is C=C(C)C(=O)OCCc1cc(-c2ccc(C3CCC(C)CO3)cc2)ccc1CCCO. The topological polar surface area (TPSA) is 55.8 Å². The van der Waals surface area contributed by atoms with Crippen LogP contribution in [0.5, 0.6) is 0 Å². The highest BCUT2D eigenvalue weighted by Crippen LogP contribution is 2.32. The molecule has 0 aliphatic carbocycles. The molecule has 166 valence electrons. The predicted octanol–water partition coefficient (Wildman–Crippen LogP) is 5.43. The lowest BCUT2D eigenvalue weighted by Crippen LogP contribution is -2.18. The number of rotatable bonds is 9. The quantitative estimate of drug-likeness (QED) is 0.433. The van der Waals surface area contributed by atoms with E-state index in [1.54, 1.807) is 6.92 Å². The molecule has 3 rings (SSSR count). The van der Waals surface area contributed by atoms with E-state index in [-0.39, 0.29) is 18.7 Å². The lowest BCUT2D eigenvalue weighted by atomic mass is 9.93. The zero-order valence-electron chi connectivity index (χ0n) is 18.7. The largest absolute Gasteiger partial charge is 0.462 e. The summed E-state index contributed by atoms with van der Waals surface area (Å²) in [6.07, 6.45) is 4.64. The average Bonchev–Trinajstić information content (AvgIpc) is 2.78. The number of aliphatic hydroxyl groups excluding tert-OH is 1. The summed E-state index contributed by atoms with van der Waals surface area (Å²) in [5.41, 5.74) is 6.27. The van der Waals surface area contributed by atoms with Crippen LogP contribution in [0, 0.1) is 5.92 Å². The zero-order chi connectivity index (χ0) is 22.2. The molecule has 1 N–H and O–H groups in total. The first-order valence-electron chi connectivity index (χ1n) is 11.2. The molecule has 1 aliphatic heterocycles. The lowest BCUT2D eigenvalue weighted by molar-refractivity contribution is -0.138. The van der Waals surface area contributed by atoms with Gasteiger partial charge >= 0.3 is 5.97 Å². The molecule has 0 radical (unpaired) electrons. The summed E-state index contributed by atoms with van der Waals surface area (Å²) in [5, 5.41) is 9.22. The molecule has 0 bridgehead atoms. The molecular formula is C27H34O4. The minimum absolute atomic E-state index is 0.162. The number of esters is 1. The molecule has 0 amide bonds. The van der Waals surface area contributed by atoms with E-state index in [2.05, 4.69) is 56.0 Å². The van der Waals surface area contributed by atoms with Gasteiger partial charge in [-0.05, 0) is 66.3 Å². The standard InChI is InChI=1S/C27H34O4/c1-19(2)27(29)30-16-14-25-17-24(12-9-21(25)5-4-15-28)22-7-10-23(11-8-22)26-13-6-20(3)18-31-26/h7-12,17,20,26,28H,1,4-6,13-16,18H2,2-3H3. The Balaban J connectivity index is 1.74. The monoisotopic (exact) mass is 422 g/mol. The van der Waals surface area contributed by atoms with Crippen LogP contribution in [0.2, 0.25) is 0 Å². The maximum atomic E-state index is 11.7. The van der Waals surface area contributed by atoms with E-state index in [0.717, 1.165) is 36.1 Å². The number of hydrogen-bond acceptors (Lipinski definition) is 4. The van der Waals surface area contributed by atoms with Gasteiger partial charge in [-0.2, -0.15) is 0 Å². The number of carbonyl (C=O) groups excluding carboxylic acids is 1. The second-order valence-electron chi connectivity index (χ2n) is 8.60. The van der Waals surface area contributed by atoms with Crippen LogP contribution in [0.3, 0.4) is 0 Å². The predicted molar refractivity (Wildman–Crippen MR) is 124 cm³/mol. The molecule has 0 spiro atoms. The van der Waals surface area contributed by atoms with Crippen LogP contribution in [0.4, 0.5) is 0 Å². The van der Waals surface area contributed by atoms with E-state index in [9.17, 15) is 9.90 Å². The van der Waals surface area contributed by atoms with Crippen molar-refractivity contribution in [2.45, 2.75) is 52.1 Å². The molecule has 2 aromatic rings. The second-order valence-corrected chi connectivity index (χ2v) is 8.60. The van der Waals surface area contributed by atoms with Crippen LogP contribution >= 0.6 is 0 Å². The Morgan fingerprint density at radius 1 is 1.10 bits per heavy atom. The van der Waals surface area contributed by atoms with Crippen LogP contribution in [-0.4, -0.2) is 30.9 Å². The van der Waals surface area contributed by atoms with Gasteiger partial charge in [-0.3, -0.25) is 0 Å². The van der Waals surface area contributed by atoms with Gasteiger partial charge in [-0.25, -0.2) is 4.79 Å². The first-order chi connectivity index (χ1) is 15.0. The van der Waals surface area contributed by atoms with Gasteiger partial charge in [0.25, 0.3) is 0 Å². The van der Waals surface area contributed by atoms with E-state index in [0.29, 0.717) is 30.9 Å². The maximum absolute atomic E-state index is 11.7. The first-order valence-corrected chi connectivity index (χ1v) is 11.2. The minimum Gasteiger partial charge on any atom is -0.462 e. The highest BCUT2D eigenvalue weighted by molar-refractivity contribution is 5.86. The minimum atomic E-state index is -0.358. The van der Waals surface area contributed by atoms with Crippen molar-refractivity contribution in [3.63, 3.8) is 0 Å². The molecule has 2 unspecified atom stereocenters. The summed E-state index contributed by atoms with van der Waals surface area (Å²) in [5.74, 6) is 0.288. The van der Waals surface area contributed by atoms with Crippen molar-refractivity contribution >= 4 is 5.97 Å². The Morgan fingerprint density at radius 2 is 1.84 bits per heavy atom. The Bertz CT molecular complexity index is 877. The van der Waals surface area contributed by atoms with E-state index in [4.69, 9.17) is 9.47 Å². The van der Waals surface area contributed by atoms with Crippen molar-refractivity contribution in [3.05, 3.63) is 71.3 Å². The molecule has 2 aromatic carbocycles. The Labute approximate surface area is 185 Å². The smallest absolute Gasteiger partial charge is 0.333 e. The Hall–Kier alpha value is -2.43. The fraction of sp³-hybridized carbons (Fsp3) is 0.444. The summed E-state index contributed by atoms with van der Waals surface area (Å²) in [7, 11) is 0. The molecule has 1 saturated heterocycles. The van der Waals surface area contributed by atoms with Gasteiger partial charge in [0.2, 0.25) is 0 Å². The highest BCUT2D eigenvalue weighted by Gasteiger charge is 2.20. The summed E-state index contributed by atoms with van der Waals surface area (Å²) < 4.78 is 11.3.